The van der Waals surface area contributed by atoms with Crippen molar-refractivity contribution in [2.45, 2.75) is 26.4 Å². The second-order valence-electron chi connectivity index (χ2n) is 3.24. The molecule has 1 aromatic rings. The molecule has 0 aromatic heterocycles. The fourth-order valence-electron chi connectivity index (χ4n) is 1.21. The van der Waals surface area contributed by atoms with Crippen LogP contribution in [0.1, 0.15) is 30.9 Å². The Kier molecular flexibility index (Phi) is 2.98. The van der Waals surface area contributed by atoms with Crippen LogP contribution in [0.3, 0.4) is 0 Å². The van der Waals surface area contributed by atoms with Crippen molar-refractivity contribution in [3.8, 4) is 0 Å². The molecule has 13 heavy (non-hydrogen) atoms. The largest absolute Gasteiger partial charge is 0.391 e. The van der Waals surface area contributed by atoms with Gasteiger partial charge in [-0.3, -0.25) is 0 Å². The van der Waals surface area contributed by atoms with Crippen LogP contribution in [0.4, 0.5) is 8.78 Å². The number of hydrogen-bond donors (Lipinski definition) is 1. The molecule has 0 fully saturated rings. The van der Waals surface area contributed by atoms with Crippen LogP contribution in [0, 0.1) is 11.6 Å². The van der Waals surface area contributed by atoms with Crippen molar-refractivity contribution < 1.29 is 13.9 Å². The fraction of sp³-hybridized carbons (Fsp3) is 0.400. The molecule has 72 valence electrons. The molecule has 0 heterocycles. The third-order valence-electron chi connectivity index (χ3n) is 2.00. The Bertz CT molecular complexity index is 308. The number of rotatable bonds is 2. The summed E-state index contributed by atoms with van der Waals surface area (Å²) in [5, 5.41) is 8.73. The van der Waals surface area contributed by atoms with E-state index in [0.29, 0.717) is 5.56 Å². The summed E-state index contributed by atoms with van der Waals surface area (Å²) in [6.07, 6.45) is 0. The van der Waals surface area contributed by atoms with Crippen LogP contribution < -0.4 is 0 Å². The summed E-state index contributed by atoms with van der Waals surface area (Å²) in [7, 11) is 0. The van der Waals surface area contributed by atoms with Gasteiger partial charge in [0.25, 0.3) is 0 Å². The zero-order chi connectivity index (χ0) is 10.0. The molecule has 0 saturated carbocycles. The second kappa shape index (κ2) is 3.83. The van der Waals surface area contributed by atoms with Gasteiger partial charge in [0.15, 0.2) is 0 Å². The minimum absolute atomic E-state index is 0.00843. The van der Waals surface area contributed by atoms with Crippen LogP contribution in [-0.2, 0) is 6.61 Å². The van der Waals surface area contributed by atoms with Crippen LogP contribution in [-0.4, -0.2) is 5.11 Å². The summed E-state index contributed by atoms with van der Waals surface area (Å²) in [4.78, 5) is 0. The highest BCUT2D eigenvalue weighted by atomic mass is 19.1. The first-order valence-corrected chi connectivity index (χ1v) is 4.15. The molecule has 0 spiro atoms. The molecule has 1 nitrogen and oxygen atoms in total. The lowest BCUT2D eigenvalue weighted by molar-refractivity contribution is 0.268. The van der Waals surface area contributed by atoms with Crippen LogP contribution in [0.15, 0.2) is 12.1 Å². The minimum Gasteiger partial charge on any atom is -0.391 e. The van der Waals surface area contributed by atoms with Crippen LogP contribution >= 0.6 is 0 Å². The summed E-state index contributed by atoms with van der Waals surface area (Å²) in [5.74, 6) is -1.33. The van der Waals surface area contributed by atoms with Gasteiger partial charge in [-0.05, 0) is 17.5 Å². The van der Waals surface area contributed by atoms with E-state index in [9.17, 15) is 8.78 Å². The number of aliphatic hydroxyl groups is 1. The Hall–Kier alpha value is -0.960. The molecule has 1 N–H and O–H groups in total. The van der Waals surface area contributed by atoms with E-state index in [1.807, 2.05) is 13.8 Å². The molecule has 1 aromatic carbocycles. The third-order valence-corrected chi connectivity index (χ3v) is 2.00. The summed E-state index contributed by atoms with van der Waals surface area (Å²) in [6, 6.07) is 2.60. The average molecular weight is 186 g/mol. The molecular formula is C10H12F2O. The molecule has 1 rings (SSSR count). The molecule has 0 aliphatic heterocycles. The van der Waals surface area contributed by atoms with Gasteiger partial charge in [0.1, 0.15) is 11.6 Å². The van der Waals surface area contributed by atoms with Crippen molar-refractivity contribution >= 4 is 0 Å². The summed E-state index contributed by atoms with van der Waals surface area (Å²) < 4.78 is 26.3. The van der Waals surface area contributed by atoms with Gasteiger partial charge >= 0.3 is 0 Å². The van der Waals surface area contributed by atoms with Gasteiger partial charge in [-0.2, -0.15) is 0 Å². The Morgan fingerprint density at radius 1 is 1.31 bits per heavy atom. The van der Waals surface area contributed by atoms with Crippen molar-refractivity contribution in [1.29, 1.82) is 0 Å². The van der Waals surface area contributed by atoms with Crippen LogP contribution in [0.2, 0.25) is 0 Å². The highest BCUT2D eigenvalue weighted by Crippen LogP contribution is 2.23. The topological polar surface area (TPSA) is 20.2 Å². The van der Waals surface area contributed by atoms with E-state index in [1.165, 1.54) is 12.1 Å². The standard InChI is InChI=1S/C10H12F2O/c1-6(2)7-3-4-9(11)8(5-13)10(7)12/h3-4,6,13H,5H2,1-2H3. The van der Waals surface area contributed by atoms with Crippen molar-refractivity contribution in [2.75, 3.05) is 0 Å². The third kappa shape index (κ3) is 1.86. The van der Waals surface area contributed by atoms with E-state index in [2.05, 4.69) is 0 Å². The lowest BCUT2D eigenvalue weighted by Crippen LogP contribution is -2.01. The molecule has 0 bridgehead atoms. The van der Waals surface area contributed by atoms with E-state index in [0.717, 1.165) is 0 Å². The molecule has 3 heteroatoms. The highest BCUT2D eigenvalue weighted by molar-refractivity contribution is 5.29. The molecule has 0 aliphatic carbocycles. The molecule has 0 aliphatic rings. The molecule has 0 amide bonds. The van der Waals surface area contributed by atoms with Gasteiger partial charge in [-0.25, -0.2) is 8.78 Å². The summed E-state index contributed by atoms with van der Waals surface area (Å²) in [5.41, 5.74) is 0.191. The lowest BCUT2D eigenvalue weighted by Gasteiger charge is -2.10. The number of aliphatic hydroxyl groups excluding tert-OH is 1. The van der Waals surface area contributed by atoms with E-state index < -0.39 is 18.2 Å². The molecule has 0 saturated heterocycles. The highest BCUT2D eigenvalue weighted by Gasteiger charge is 2.14. The van der Waals surface area contributed by atoms with E-state index in [1.54, 1.807) is 0 Å². The van der Waals surface area contributed by atoms with Crippen LogP contribution in [0.25, 0.3) is 0 Å². The maximum Gasteiger partial charge on any atom is 0.135 e. The first kappa shape index (κ1) is 10.1. The van der Waals surface area contributed by atoms with Gasteiger partial charge < -0.3 is 5.11 Å². The summed E-state index contributed by atoms with van der Waals surface area (Å²) in [6.45, 7) is 3.03. The predicted octanol–water partition coefficient (Wildman–Crippen LogP) is 2.58. The maximum absolute atomic E-state index is 13.4. The molecule has 0 atom stereocenters. The monoisotopic (exact) mass is 186 g/mol. The lowest BCUT2D eigenvalue weighted by atomic mass is 10.00. The smallest absolute Gasteiger partial charge is 0.135 e. The van der Waals surface area contributed by atoms with Crippen molar-refractivity contribution in [2.24, 2.45) is 0 Å². The Labute approximate surface area is 76.0 Å². The number of halogens is 2. The first-order chi connectivity index (χ1) is 6.07. The maximum atomic E-state index is 13.4. The second-order valence-corrected chi connectivity index (χ2v) is 3.24. The zero-order valence-electron chi connectivity index (χ0n) is 7.64. The van der Waals surface area contributed by atoms with Gasteiger partial charge in [0, 0.05) is 5.56 Å². The number of hydrogen-bond acceptors (Lipinski definition) is 1. The molecular weight excluding hydrogens is 174 g/mol. The number of benzene rings is 1. The van der Waals surface area contributed by atoms with E-state index >= 15 is 0 Å². The quantitative estimate of drug-likeness (QED) is 0.752. The first-order valence-electron chi connectivity index (χ1n) is 4.15. The van der Waals surface area contributed by atoms with Gasteiger partial charge in [-0.15, -0.1) is 0 Å². The molecule has 0 radical (unpaired) electrons. The van der Waals surface area contributed by atoms with Crippen molar-refractivity contribution in [1.82, 2.24) is 0 Å². The van der Waals surface area contributed by atoms with Crippen molar-refractivity contribution in [3.05, 3.63) is 34.9 Å². The normalized spacial score (nSPS) is 10.9. The van der Waals surface area contributed by atoms with E-state index in [-0.39, 0.29) is 11.5 Å². The van der Waals surface area contributed by atoms with E-state index in [4.69, 9.17) is 5.11 Å². The Morgan fingerprint density at radius 3 is 2.38 bits per heavy atom. The zero-order valence-corrected chi connectivity index (χ0v) is 7.64. The van der Waals surface area contributed by atoms with Crippen LogP contribution in [0.5, 0.6) is 0 Å². The average Bonchev–Trinajstić information content (AvgIpc) is 2.04. The Morgan fingerprint density at radius 2 is 1.92 bits per heavy atom. The predicted molar refractivity (Wildman–Crippen MR) is 46.4 cm³/mol. The fourth-order valence-corrected chi connectivity index (χ4v) is 1.21. The SMILES string of the molecule is CC(C)c1ccc(F)c(CO)c1F. The van der Waals surface area contributed by atoms with Crippen molar-refractivity contribution in [3.63, 3.8) is 0 Å². The van der Waals surface area contributed by atoms with Gasteiger partial charge in [0.05, 0.1) is 6.61 Å². The Balaban J connectivity index is 3.27. The molecule has 0 unspecified atom stereocenters. The van der Waals surface area contributed by atoms with Gasteiger partial charge in [0.2, 0.25) is 0 Å². The minimum atomic E-state index is -0.690. The van der Waals surface area contributed by atoms with Gasteiger partial charge in [-0.1, -0.05) is 19.9 Å². The summed E-state index contributed by atoms with van der Waals surface area (Å²) >= 11 is 0.